The van der Waals surface area contributed by atoms with Gasteiger partial charge >= 0.3 is 0 Å². The van der Waals surface area contributed by atoms with Gasteiger partial charge in [0.05, 0.1) is 11.1 Å². The molecule has 0 spiro atoms. The smallest absolute Gasteiger partial charge is 0.242 e. The summed E-state index contributed by atoms with van der Waals surface area (Å²) in [6.07, 6.45) is 3.54. The van der Waals surface area contributed by atoms with Crippen molar-refractivity contribution in [2.75, 3.05) is 11.9 Å². The first kappa shape index (κ1) is 24.4. The van der Waals surface area contributed by atoms with Crippen LogP contribution in [0.4, 0.5) is 10.2 Å². The first-order chi connectivity index (χ1) is 15.2. The number of halogens is 2. The molecule has 0 radical (unpaired) electrons. The summed E-state index contributed by atoms with van der Waals surface area (Å²) >= 11 is 6.12. The minimum atomic E-state index is -3.77. The molecule has 1 aromatic heterocycles. The van der Waals surface area contributed by atoms with Crippen LogP contribution in [0.5, 0.6) is 0 Å². The molecule has 1 atom stereocenters. The fourth-order valence-corrected chi connectivity index (χ4v) is 5.36. The largest absolute Gasteiger partial charge is 0.369 e. The van der Waals surface area contributed by atoms with Crippen LogP contribution in [0.15, 0.2) is 41.4 Å². The summed E-state index contributed by atoms with van der Waals surface area (Å²) in [5.74, 6) is -0.138. The fourth-order valence-electron chi connectivity index (χ4n) is 3.79. The zero-order valence-corrected chi connectivity index (χ0v) is 19.6. The Morgan fingerprint density at radius 3 is 2.47 bits per heavy atom. The molecule has 174 valence electrons. The van der Waals surface area contributed by atoms with E-state index in [1.54, 1.807) is 12.1 Å². The van der Waals surface area contributed by atoms with Gasteiger partial charge in [-0.1, -0.05) is 23.7 Å². The van der Waals surface area contributed by atoms with Gasteiger partial charge < -0.3 is 10.6 Å². The molecule has 0 bridgehead atoms. The molecule has 1 fully saturated rings. The summed E-state index contributed by atoms with van der Waals surface area (Å²) in [6, 6.07) is 6.92. The van der Waals surface area contributed by atoms with E-state index in [0.717, 1.165) is 5.56 Å². The van der Waals surface area contributed by atoms with Crippen LogP contribution < -0.4 is 15.4 Å². The third-order valence-electron chi connectivity index (χ3n) is 5.62. The minimum Gasteiger partial charge on any atom is -0.369 e. The number of nitrogens with zero attached hydrogens (tertiary/aromatic N) is 1. The van der Waals surface area contributed by atoms with E-state index >= 15 is 0 Å². The van der Waals surface area contributed by atoms with Crippen LogP contribution in [0.25, 0.3) is 0 Å². The number of anilines is 1. The van der Waals surface area contributed by atoms with Gasteiger partial charge in [0.25, 0.3) is 0 Å². The Hall–Kier alpha value is -2.23. The van der Waals surface area contributed by atoms with Crippen LogP contribution in [0.3, 0.4) is 0 Å². The second-order valence-electron chi connectivity index (χ2n) is 7.98. The van der Waals surface area contributed by atoms with E-state index in [1.165, 1.54) is 24.4 Å². The molecule has 0 aliphatic heterocycles. The molecule has 32 heavy (non-hydrogen) atoms. The molecule has 1 aliphatic rings. The number of nitrogens with one attached hydrogen (secondary N) is 3. The average Bonchev–Trinajstić information content (AvgIpc) is 2.76. The van der Waals surface area contributed by atoms with Gasteiger partial charge in [0, 0.05) is 24.7 Å². The molecule has 1 heterocycles. The van der Waals surface area contributed by atoms with Crippen LogP contribution in [-0.4, -0.2) is 31.9 Å². The molecule has 3 N–H and O–H groups in total. The normalized spacial score (nSPS) is 19.9. The summed E-state index contributed by atoms with van der Waals surface area (Å²) in [4.78, 5) is 16.7. The highest BCUT2D eigenvalue weighted by Gasteiger charge is 2.30. The second-order valence-corrected chi connectivity index (χ2v) is 10.1. The maximum atomic E-state index is 13.1. The Morgan fingerprint density at radius 2 is 1.88 bits per heavy atom. The number of sulfonamides is 1. The van der Waals surface area contributed by atoms with E-state index < -0.39 is 10.0 Å². The zero-order chi connectivity index (χ0) is 23.3. The molecule has 0 unspecified atom stereocenters. The van der Waals surface area contributed by atoms with E-state index in [2.05, 4.69) is 20.3 Å². The Labute approximate surface area is 193 Å². The summed E-state index contributed by atoms with van der Waals surface area (Å²) in [7, 11) is -3.77. The number of carbonyl (C=O) groups excluding carboxylic acids is 1. The van der Waals surface area contributed by atoms with Crippen molar-refractivity contribution in [3.8, 4) is 0 Å². The maximum Gasteiger partial charge on any atom is 0.242 e. The number of pyridine rings is 1. The van der Waals surface area contributed by atoms with E-state index in [1.807, 2.05) is 13.8 Å². The van der Waals surface area contributed by atoms with E-state index in [4.69, 9.17) is 11.6 Å². The van der Waals surface area contributed by atoms with Crippen molar-refractivity contribution in [2.24, 2.45) is 5.92 Å². The van der Waals surface area contributed by atoms with Gasteiger partial charge in [-0.2, -0.15) is 0 Å². The van der Waals surface area contributed by atoms with Crippen LogP contribution in [0.2, 0.25) is 5.02 Å². The first-order valence-electron chi connectivity index (χ1n) is 10.7. The molecule has 1 aromatic carbocycles. The van der Waals surface area contributed by atoms with Crippen molar-refractivity contribution in [3.05, 3.63) is 52.9 Å². The number of benzene rings is 1. The molecule has 10 heteroatoms. The highest BCUT2D eigenvalue weighted by Crippen LogP contribution is 2.28. The zero-order valence-electron chi connectivity index (χ0n) is 18.1. The molecule has 2 aromatic rings. The fraction of sp³-hybridized carbons (Fsp3) is 0.455. The third-order valence-corrected chi connectivity index (χ3v) is 7.39. The van der Waals surface area contributed by atoms with Gasteiger partial charge in [-0.25, -0.2) is 22.5 Å². The molecule has 0 saturated heterocycles. The monoisotopic (exact) mass is 482 g/mol. The van der Waals surface area contributed by atoms with Crippen LogP contribution in [0, 0.1) is 11.7 Å². The number of hydrogen-bond donors (Lipinski definition) is 3. The standard InChI is InChI=1S/C22H28ClFN4O3S/c1-3-25-21-20(23)12-19(13-26-21)32(30,31)28-18-10-6-16(7-11-18)22(29)27-14(2)15-4-8-17(24)9-5-15/h4-5,8-9,12-14,16,18,28H,3,6-7,10-11H2,1-2H3,(H,25,26)(H,27,29)/t14-,16-,18-/m1/s1. The molecular formula is C22H28ClFN4O3S. The SMILES string of the molecule is CCNc1ncc(S(=O)(=O)N[C@H]2CC[C@H](C(=O)N[C@H](C)c3ccc(F)cc3)CC2)cc1Cl. The summed E-state index contributed by atoms with van der Waals surface area (Å²) in [5, 5.41) is 6.17. The van der Waals surface area contributed by atoms with Crippen molar-refractivity contribution in [2.45, 2.75) is 56.5 Å². The van der Waals surface area contributed by atoms with Crippen LogP contribution in [-0.2, 0) is 14.8 Å². The highest BCUT2D eigenvalue weighted by atomic mass is 35.5. The van der Waals surface area contributed by atoms with Gasteiger partial charge in [0.2, 0.25) is 15.9 Å². The molecule has 1 amide bonds. The maximum absolute atomic E-state index is 13.1. The van der Waals surface area contributed by atoms with E-state index in [9.17, 15) is 17.6 Å². The first-order valence-corrected chi connectivity index (χ1v) is 12.5. The van der Waals surface area contributed by atoms with Crippen molar-refractivity contribution < 1.29 is 17.6 Å². The van der Waals surface area contributed by atoms with E-state index in [0.29, 0.717) is 38.0 Å². The van der Waals surface area contributed by atoms with Crippen molar-refractivity contribution in [1.82, 2.24) is 15.0 Å². The summed E-state index contributed by atoms with van der Waals surface area (Å²) in [5.41, 5.74) is 0.827. The quantitative estimate of drug-likeness (QED) is 0.527. The number of aromatic nitrogens is 1. The van der Waals surface area contributed by atoms with Crippen molar-refractivity contribution in [1.29, 1.82) is 0 Å². The number of carbonyl (C=O) groups is 1. The Kier molecular flexibility index (Phi) is 8.08. The van der Waals surface area contributed by atoms with Gasteiger partial charge in [0.15, 0.2) is 0 Å². The molecular weight excluding hydrogens is 455 g/mol. The molecule has 7 nitrogen and oxygen atoms in total. The molecule has 1 aliphatic carbocycles. The lowest BCUT2D eigenvalue weighted by atomic mass is 9.85. The lowest BCUT2D eigenvalue weighted by molar-refractivity contribution is -0.126. The van der Waals surface area contributed by atoms with Crippen molar-refractivity contribution in [3.63, 3.8) is 0 Å². The summed E-state index contributed by atoms with van der Waals surface area (Å²) < 4.78 is 41.2. The minimum absolute atomic E-state index is 0.0112. The Morgan fingerprint density at radius 1 is 1.22 bits per heavy atom. The number of amides is 1. The third kappa shape index (κ3) is 6.17. The van der Waals surface area contributed by atoms with Gasteiger partial charge in [0.1, 0.15) is 16.5 Å². The molecule has 1 saturated carbocycles. The van der Waals surface area contributed by atoms with Gasteiger partial charge in [-0.05, 0) is 63.3 Å². The number of hydrogen-bond acceptors (Lipinski definition) is 5. The Balaban J connectivity index is 1.53. The lowest BCUT2D eigenvalue weighted by Gasteiger charge is -2.29. The van der Waals surface area contributed by atoms with Crippen LogP contribution in [0.1, 0.15) is 51.1 Å². The number of rotatable bonds is 8. The average molecular weight is 483 g/mol. The topological polar surface area (TPSA) is 100 Å². The highest BCUT2D eigenvalue weighted by molar-refractivity contribution is 7.89. The van der Waals surface area contributed by atoms with Crippen molar-refractivity contribution >= 4 is 33.3 Å². The summed E-state index contributed by atoms with van der Waals surface area (Å²) in [6.45, 7) is 4.37. The molecule has 3 rings (SSSR count). The van der Waals surface area contributed by atoms with Gasteiger partial charge in [-0.15, -0.1) is 0 Å². The van der Waals surface area contributed by atoms with E-state index in [-0.39, 0.29) is 39.6 Å². The Bertz CT molecular complexity index is 1040. The second kappa shape index (κ2) is 10.6. The predicted octanol–water partition coefficient (Wildman–Crippen LogP) is 4.02. The predicted molar refractivity (Wildman–Crippen MR) is 122 cm³/mol. The lowest BCUT2D eigenvalue weighted by Crippen LogP contribution is -2.41. The van der Waals surface area contributed by atoms with Crippen LogP contribution >= 0.6 is 11.6 Å². The van der Waals surface area contributed by atoms with Gasteiger partial charge in [-0.3, -0.25) is 4.79 Å².